The Hall–Kier alpha value is -2.82. The van der Waals surface area contributed by atoms with E-state index in [2.05, 4.69) is 5.10 Å². The summed E-state index contributed by atoms with van der Waals surface area (Å²) in [7, 11) is 0. The lowest BCUT2D eigenvalue weighted by molar-refractivity contribution is -0.130. The van der Waals surface area contributed by atoms with E-state index in [0.717, 1.165) is 5.56 Å². The van der Waals surface area contributed by atoms with Gasteiger partial charge in [-0.25, -0.2) is 5.01 Å². The Labute approximate surface area is 128 Å². The summed E-state index contributed by atoms with van der Waals surface area (Å²) in [5, 5.41) is 25.7. The Morgan fingerprint density at radius 1 is 1.09 bits per heavy atom. The van der Waals surface area contributed by atoms with Crippen LogP contribution in [0.15, 0.2) is 53.6 Å². The molecule has 0 saturated carbocycles. The van der Waals surface area contributed by atoms with Crippen molar-refractivity contribution in [1.82, 2.24) is 5.01 Å². The molecule has 1 atom stereocenters. The molecule has 1 unspecified atom stereocenters. The number of phenolic OH excluding ortho intramolecular Hbond substituents is 2. The third-order valence-corrected chi connectivity index (χ3v) is 3.73. The van der Waals surface area contributed by atoms with Crippen LogP contribution in [0.4, 0.5) is 0 Å². The first-order valence-electron chi connectivity index (χ1n) is 7.01. The highest BCUT2D eigenvalue weighted by Crippen LogP contribution is 2.37. The lowest BCUT2D eigenvalue weighted by Crippen LogP contribution is -2.24. The summed E-state index contributed by atoms with van der Waals surface area (Å²) in [4.78, 5) is 11.9. The van der Waals surface area contributed by atoms with Gasteiger partial charge in [0.2, 0.25) is 5.91 Å². The first kappa shape index (κ1) is 14.1. The minimum absolute atomic E-state index is 0.0454. The molecule has 0 aromatic heterocycles. The van der Waals surface area contributed by atoms with Crippen LogP contribution in [0.3, 0.4) is 0 Å². The van der Waals surface area contributed by atoms with Crippen LogP contribution in [-0.2, 0) is 4.79 Å². The summed E-state index contributed by atoms with van der Waals surface area (Å²) >= 11 is 0. The highest BCUT2D eigenvalue weighted by molar-refractivity contribution is 6.07. The van der Waals surface area contributed by atoms with E-state index in [-0.39, 0.29) is 29.0 Å². The Kier molecular flexibility index (Phi) is 3.55. The summed E-state index contributed by atoms with van der Waals surface area (Å²) in [6.07, 6.45) is 0.439. The molecule has 0 fully saturated rings. The van der Waals surface area contributed by atoms with Gasteiger partial charge in [-0.2, -0.15) is 5.10 Å². The highest BCUT2D eigenvalue weighted by atomic mass is 16.3. The van der Waals surface area contributed by atoms with Crippen LogP contribution < -0.4 is 0 Å². The van der Waals surface area contributed by atoms with E-state index in [0.29, 0.717) is 12.1 Å². The molecule has 0 saturated heterocycles. The van der Waals surface area contributed by atoms with Gasteiger partial charge in [-0.1, -0.05) is 36.4 Å². The van der Waals surface area contributed by atoms with Crippen LogP contribution in [0.2, 0.25) is 0 Å². The monoisotopic (exact) mass is 296 g/mol. The highest BCUT2D eigenvalue weighted by Gasteiger charge is 2.33. The van der Waals surface area contributed by atoms with Crippen molar-refractivity contribution in [1.29, 1.82) is 0 Å². The third-order valence-electron chi connectivity index (χ3n) is 3.73. The van der Waals surface area contributed by atoms with E-state index in [1.165, 1.54) is 24.1 Å². The zero-order valence-corrected chi connectivity index (χ0v) is 12.1. The van der Waals surface area contributed by atoms with Gasteiger partial charge in [0, 0.05) is 13.3 Å². The van der Waals surface area contributed by atoms with Gasteiger partial charge in [-0.15, -0.1) is 0 Å². The maximum absolute atomic E-state index is 11.9. The van der Waals surface area contributed by atoms with Gasteiger partial charge in [0.15, 0.2) is 0 Å². The van der Waals surface area contributed by atoms with Crippen molar-refractivity contribution in [3.05, 3.63) is 59.7 Å². The van der Waals surface area contributed by atoms with Crippen molar-refractivity contribution >= 4 is 11.6 Å². The van der Waals surface area contributed by atoms with Crippen molar-refractivity contribution in [3.63, 3.8) is 0 Å². The maximum Gasteiger partial charge on any atom is 0.240 e. The number of benzene rings is 2. The number of hydrazone groups is 1. The second-order valence-corrected chi connectivity index (χ2v) is 5.21. The first-order chi connectivity index (χ1) is 10.6. The molecule has 0 aliphatic carbocycles. The summed E-state index contributed by atoms with van der Waals surface area (Å²) in [6.45, 7) is 1.45. The number of hydrogen-bond acceptors (Lipinski definition) is 4. The van der Waals surface area contributed by atoms with Crippen molar-refractivity contribution in [2.45, 2.75) is 19.4 Å². The summed E-state index contributed by atoms with van der Waals surface area (Å²) < 4.78 is 0. The average molecular weight is 296 g/mol. The largest absolute Gasteiger partial charge is 0.507 e. The molecule has 1 aliphatic heterocycles. The molecule has 5 nitrogen and oxygen atoms in total. The smallest absolute Gasteiger partial charge is 0.240 e. The van der Waals surface area contributed by atoms with Crippen molar-refractivity contribution < 1.29 is 15.0 Å². The van der Waals surface area contributed by atoms with Crippen molar-refractivity contribution in [2.24, 2.45) is 5.10 Å². The summed E-state index contributed by atoms with van der Waals surface area (Å²) in [5.41, 5.74) is 1.75. The van der Waals surface area contributed by atoms with E-state index in [1.807, 2.05) is 30.3 Å². The van der Waals surface area contributed by atoms with Gasteiger partial charge in [0.05, 0.1) is 17.3 Å². The maximum atomic E-state index is 11.9. The van der Waals surface area contributed by atoms with Crippen LogP contribution in [-0.4, -0.2) is 26.8 Å². The number of rotatable bonds is 2. The predicted octanol–water partition coefficient (Wildman–Crippen LogP) is 2.80. The molecule has 1 heterocycles. The molecule has 112 valence electrons. The number of hydrogen-bond donors (Lipinski definition) is 2. The van der Waals surface area contributed by atoms with Crippen LogP contribution in [0, 0.1) is 0 Å². The molecule has 1 amide bonds. The Balaban J connectivity index is 2.02. The number of amides is 1. The second-order valence-electron chi connectivity index (χ2n) is 5.21. The fourth-order valence-corrected chi connectivity index (χ4v) is 2.71. The molecule has 22 heavy (non-hydrogen) atoms. The number of carbonyl (C=O) groups excluding carboxylic acids is 1. The number of phenols is 2. The fraction of sp³-hybridized carbons (Fsp3) is 0.176. The average Bonchev–Trinajstić information content (AvgIpc) is 2.93. The molecule has 2 aromatic carbocycles. The van der Waals surface area contributed by atoms with Gasteiger partial charge in [-0.05, 0) is 17.7 Å². The van der Waals surface area contributed by atoms with Gasteiger partial charge < -0.3 is 10.2 Å². The molecule has 3 rings (SSSR count). The fourth-order valence-electron chi connectivity index (χ4n) is 2.71. The molecule has 0 radical (unpaired) electrons. The van der Waals surface area contributed by atoms with Gasteiger partial charge >= 0.3 is 0 Å². The summed E-state index contributed by atoms with van der Waals surface area (Å²) in [5.74, 6) is -0.273. The van der Waals surface area contributed by atoms with Crippen LogP contribution in [0.5, 0.6) is 11.5 Å². The zero-order valence-electron chi connectivity index (χ0n) is 12.1. The Morgan fingerprint density at radius 3 is 2.32 bits per heavy atom. The Morgan fingerprint density at radius 2 is 1.73 bits per heavy atom. The third kappa shape index (κ3) is 2.41. The molecule has 0 bridgehead atoms. The van der Waals surface area contributed by atoms with Gasteiger partial charge in [0.25, 0.3) is 0 Å². The van der Waals surface area contributed by atoms with E-state index in [4.69, 9.17) is 0 Å². The Bertz CT molecular complexity index is 721. The molecular weight excluding hydrogens is 280 g/mol. The standard InChI is InChI=1S/C17H16N2O3/c1-11(20)19-14(12-6-3-2-4-7-12)10-13(18-19)17-15(21)8-5-9-16(17)22/h2-9,14,21-22H,10H2,1H3. The van der Waals surface area contributed by atoms with E-state index >= 15 is 0 Å². The molecule has 0 spiro atoms. The number of aromatic hydroxyl groups is 2. The lowest BCUT2D eigenvalue weighted by atomic mass is 9.97. The number of carbonyl (C=O) groups is 1. The predicted molar refractivity (Wildman–Crippen MR) is 82.6 cm³/mol. The van der Waals surface area contributed by atoms with Gasteiger partial charge in [-0.3, -0.25) is 4.79 Å². The molecule has 1 aliphatic rings. The van der Waals surface area contributed by atoms with Gasteiger partial charge in [0.1, 0.15) is 11.5 Å². The molecule has 2 aromatic rings. The van der Waals surface area contributed by atoms with E-state index < -0.39 is 0 Å². The molecule has 2 N–H and O–H groups in total. The SMILES string of the molecule is CC(=O)N1N=C(c2c(O)cccc2O)CC1c1ccccc1. The van der Waals surface area contributed by atoms with E-state index in [9.17, 15) is 15.0 Å². The van der Waals surface area contributed by atoms with Crippen LogP contribution >= 0.6 is 0 Å². The minimum atomic E-state index is -0.229. The summed E-state index contributed by atoms with van der Waals surface area (Å²) in [6, 6.07) is 13.9. The van der Waals surface area contributed by atoms with Crippen LogP contribution in [0.25, 0.3) is 0 Å². The van der Waals surface area contributed by atoms with Crippen molar-refractivity contribution in [2.75, 3.05) is 0 Å². The first-order valence-corrected chi connectivity index (χ1v) is 7.01. The minimum Gasteiger partial charge on any atom is -0.507 e. The molecule has 5 heteroatoms. The topological polar surface area (TPSA) is 73.1 Å². The lowest BCUT2D eigenvalue weighted by Gasteiger charge is -2.20. The normalized spacial score (nSPS) is 17.4. The second kappa shape index (κ2) is 5.52. The number of nitrogens with zero attached hydrogens (tertiary/aromatic N) is 2. The molecular formula is C17H16N2O3. The van der Waals surface area contributed by atoms with E-state index in [1.54, 1.807) is 6.07 Å². The zero-order chi connectivity index (χ0) is 15.7. The quantitative estimate of drug-likeness (QED) is 0.895. The van der Waals surface area contributed by atoms with Crippen LogP contribution in [0.1, 0.15) is 30.5 Å². The van der Waals surface area contributed by atoms with Crippen molar-refractivity contribution in [3.8, 4) is 11.5 Å².